The van der Waals surface area contributed by atoms with Gasteiger partial charge < -0.3 is 14.0 Å². The zero-order valence-corrected chi connectivity index (χ0v) is 24.5. The summed E-state index contributed by atoms with van der Waals surface area (Å²) in [4.78, 5) is 35.9. The van der Waals surface area contributed by atoms with Crippen LogP contribution >= 0.6 is 11.6 Å². The van der Waals surface area contributed by atoms with Crippen molar-refractivity contribution in [2.24, 2.45) is 11.8 Å². The molecule has 2 fully saturated rings. The zero-order valence-electron chi connectivity index (χ0n) is 23.7. The van der Waals surface area contributed by atoms with Gasteiger partial charge in [0, 0.05) is 30.5 Å². The van der Waals surface area contributed by atoms with Crippen molar-refractivity contribution >= 4 is 28.6 Å². The van der Waals surface area contributed by atoms with Gasteiger partial charge in [0.25, 0.3) is 0 Å². The minimum atomic E-state index is -0.654. The number of nitrogens with one attached hydrogen (secondary N) is 1. The molecule has 5 aromatic heterocycles. The Bertz CT molecular complexity index is 1800. The number of nitrogens with zero attached hydrogens (tertiary/aromatic N) is 8. The summed E-state index contributed by atoms with van der Waals surface area (Å²) in [6.45, 7) is 7.26. The molecule has 2 unspecified atom stereocenters. The van der Waals surface area contributed by atoms with Crippen LogP contribution in [0.5, 0.6) is 0 Å². The molecule has 2 aliphatic rings. The molecule has 0 spiro atoms. The van der Waals surface area contributed by atoms with Crippen LogP contribution < -0.4 is 10.7 Å². The van der Waals surface area contributed by atoms with Gasteiger partial charge in [-0.15, -0.1) is 0 Å². The van der Waals surface area contributed by atoms with Crippen molar-refractivity contribution in [1.29, 1.82) is 0 Å². The average molecular weight is 590 g/mol. The SMILES string of the molecule is Cc1noc(C2CCCN2c2nc3cc(-c4noc(=O)[nH]4)nc(-c4cncc(Cl)c4)c3n2C(C)C2CCC(C)CC2)n1. The summed E-state index contributed by atoms with van der Waals surface area (Å²) in [6, 6.07) is 3.74. The molecule has 2 atom stereocenters. The molecule has 12 nitrogen and oxygen atoms in total. The predicted octanol–water partition coefficient (Wildman–Crippen LogP) is 5.91. The van der Waals surface area contributed by atoms with Crippen molar-refractivity contribution in [3.8, 4) is 22.8 Å². The summed E-state index contributed by atoms with van der Waals surface area (Å²) in [6.07, 6.45) is 9.90. The van der Waals surface area contributed by atoms with E-state index in [1.54, 1.807) is 12.4 Å². The summed E-state index contributed by atoms with van der Waals surface area (Å²) in [5.41, 5.74) is 3.42. The van der Waals surface area contributed by atoms with Gasteiger partial charge in [-0.1, -0.05) is 41.7 Å². The van der Waals surface area contributed by atoms with E-state index >= 15 is 0 Å². The molecule has 42 heavy (non-hydrogen) atoms. The minimum Gasteiger partial charge on any atom is -0.337 e. The van der Waals surface area contributed by atoms with Gasteiger partial charge in [-0.2, -0.15) is 4.98 Å². The van der Waals surface area contributed by atoms with E-state index in [0.29, 0.717) is 34.0 Å². The van der Waals surface area contributed by atoms with Crippen LogP contribution in [-0.2, 0) is 0 Å². The molecule has 1 saturated carbocycles. The van der Waals surface area contributed by atoms with Gasteiger partial charge in [-0.05, 0) is 63.5 Å². The zero-order chi connectivity index (χ0) is 29.0. The summed E-state index contributed by atoms with van der Waals surface area (Å²) < 4.78 is 12.8. The van der Waals surface area contributed by atoms with Crippen LogP contribution in [0.1, 0.15) is 76.2 Å². The van der Waals surface area contributed by atoms with Gasteiger partial charge in [-0.3, -0.25) is 14.5 Å². The normalized spacial score (nSPS) is 21.8. The van der Waals surface area contributed by atoms with Crippen LogP contribution in [0.25, 0.3) is 33.8 Å². The van der Waals surface area contributed by atoms with Crippen molar-refractivity contribution in [3.63, 3.8) is 0 Å². The van der Waals surface area contributed by atoms with Gasteiger partial charge in [0.2, 0.25) is 17.7 Å². The Morgan fingerprint density at radius 2 is 1.88 bits per heavy atom. The lowest BCUT2D eigenvalue weighted by molar-refractivity contribution is 0.227. The molecular weight excluding hydrogens is 558 g/mol. The first-order chi connectivity index (χ1) is 20.4. The second-order valence-corrected chi connectivity index (χ2v) is 12.1. The van der Waals surface area contributed by atoms with Crippen molar-refractivity contribution in [2.45, 2.75) is 71.4 Å². The van der Waals surface area contributed by atoms with Gasteiger partial charge in [-0.25, -0.2) is 14.8 Å². The number of aryl methyl sites for hydroxylation is 1. The first-order valence-corrected chi connectivity index (χ1v) is 14.9. The Kier molecular flexibility index (Phi) is 6.80. The van der Waals surface area contributed by atoms with E-state index < -0.39 is 5.76 Å². The van der Waals surface area contributed by atoms with Crippen molar-refractivity contribution in [2.75, 3.05) is 11.4 Å². The molecule has 1 aliphatic carbocycles. The molecule has 218 valence electrons. The third kappa shape index (κ3) is 4.77. The number of imidazole rings is 1. The quantitative estimate of drug-likeness (QED) is 0.253. The standard InChI is InChI=1S/C29H32ClN9O3/c1-15-6-8-18(9-7-15)16(2)39-25-21(34-28(39)38-10-4-5-23(38)27-32-17(3)36-41-27)12-22(26-35-29(40)42-37-26)33-24(25)19-11-20(30)14-31-13-19/h11-16,18,23H,4-10H2,1-3H3,(H,35,37,40). The molecule has 6 heterocycles. The second kappa shape index (κ2) is 10.6. The summed E-state index contributed by atoms with van der Waals surface area (Å²) in [5.74, 6) is 2.82. The fraction of sp³-hybridized carbons (Fsp3) is 0.483. The molecule has 1 N–H and O–H groups in total. The van der Waals surface area contributed by atoms with Crippen LogP contribution in [0.3, 0.4) is 0 Å². The first-order valence-electron chi connectivity index (χ1n) is 14.5. The molecule has 0 aromatic carbocycles. The van der Waals surface area contributed by atoms with Crippen molar-refractivity contribution < 1.29 is 9.05 Å². The monoisotopic (exact) mass is 589 g/mol. The van der Waals surface area contributed by atoms with Crippen molar-refractivity contribution in [1.82, 2.24) is 39.8 Å². The van der Waals surface area contributed by atoms with E-state index in [4.69, 9.17) is 30.6 Å². The number of rotatable bonds is 6. The molecular formula is C29H32ClN9O3. The number of halogens is 1. The van der Waals surface area contributed by atoms with Crippen LogP contribution in [0.2, 0.25) is 5.02 Å². The molecule has 0 radical (unpaired) electrons. The molecule has 0 amide bonds. The highest BCUT2D eigenvalue weighted by molar-refractivity contribution is 6.30. The van der Waals surface area contributed by atoms with Crippen LogP contribution in [-0.4, -0.2) is 46.3 Å². The van der Waals surface area contributed by atoms with Crippen LogP contribution in [0.15, 0.2) is 38.4 Å². The highest BCUT2D eigenvalue weighted by Crippen LogP contribution is 2.44. The van der Waals surface area contributed by atoms with E-state index in [0.717, 1.165) is 60.7 Å². The Morgan fingerprint density at radius 1 is 1.05 bits per heavy atom. The van der Waals surface area contributed by atoms with E-state index in [9.17, 15) is 4.79 Å². The molecule has 13 heteroatoms. The molecule has 5 aromatic rings. The van der Waals surface area contributed by atoms with Gasteiger partial charge in [0.1, 0.15) is 11.7 Å². The smallest absolute Gasteiger partial charge is 0.337 e. The van der Waals surface area contributed by atoms with E-state index in [-0.39, 0.29) is 17.9 Å². The van der Waals surface area contributed by atoms with E-state index in [2.05, 4.69) is 48.6 Å². The lowest BCUT2D eigenvalue weighted by Gasteiger charge is -2.34. The van der Waals surface area contributed by atoms with Gasteiger partial charge in [0.15, 0.2) is 5.82 Å². The number of pyridine rings is 2. The molecule has 7 rings (SSSR count). The average Bonchev–Trinajstić information content (AvgIpc) is 3.78. The lowest BCUT2D eigenvalue weighted by atomic mass is 9.79. The lowest BCUT2D eigenvalue weighted by Crippen LogP contribution is -2.29. The molecule has 1 saturated heterocycles. The Hall–Kier alpha value is -4.06. The predicted molar refractivity (Wildman–Crippen MR) is 156 cm³/mol. The topological polar surface area (TPSA) is 145 Å². The van der Waals surface area contributed by atoms with Gasteiger partial charge >= 0.3 is 5.76 Å². The highest BCUT2D eigenvalue weighted by Gasteiger charge is 2.37. The number of hydrogen-bond donors (Lipinski definition) is 1. The number of anilines is 1. The van der Waals surface area contributed by atoms with Crippen LogP contribution in [0.4, 0.5) is 5.95 Å². The Labute approximate surface area is 246 Å². The summed E-state index contributed by atoms with van der Waals surface area (Å²) >= 11 is 6.42. The largest absolute Gasteiger partial charge is 0.439 e. The van der Waals surface area contributed by atoms with Crippen molar-refractivity contribution in [3.05, 3.63) is 51.8 Å². The number of H-pyrrole nitrogens is 1. The number of aromatic nitrogens is 8. The fourth-order valence-corrected chi connectivity index (χ4v) is 6.77. The van der Waals surface area contributed by atoms with E-state index in [1.807, 2.05) is 19.1 Å². The second-order valence-electron chi connectivity index (χ2n) is 11.6. The Balaban J connectivity index is 1.47. The highest BCUT2D eigenvalue weighted by atomic mass is 35.5. The number of aromatic amines is 1. The van der Waals surface area contributed by atoms with E-state index in [1.165, 1.54) is 12.8 Å². The first kappa shape index (κ1) is 26.8. The van der Waals surface area contributed by atoms with Crippen LogP contribution in [0, 0.1) is 18.8 Å². The maximum absolute atomic E-state index is 11.8. The fourth-order valence-electron chi connectivity index (χ4n) is 6.59. The molecule has 1 aliphatic heterocycles. The summed E-state index contributed by atoms with van der Waals surface area (Å²) in [7, 11) is 0. The third-order valence-electron chi connectivity index (χ3n) is 8.80. The summed E-state index contributed by atoms with van der Waals surface area (Å²) in [5, 5.41) is 8.46. The minimum absolute atomic E-state index is 0.0871. The molecule has 0 bridgehead atoms. The number of hydrogen-bond acceptors (Lipinski definition) is 10. The third-order valence-corrected chi connectivity index (χ3v) is 9.01. The maximum atomic E-state index is 11.8. The van der Waals surface area contributed by atoms with Gasteiger partial charge in [0.05, 0.1) is 21.7 Å². The maximum Gasteiger partial charge on any atom is 0.439 e. The number of fused-ring (bicyclic) bond motifs is 1. The Morgan fingerprint density at radius 3 is 2.60 bits per heavy atom.